The van der Waals surface area contributed by atoms with Crippen LogP contribution < -0.4 is 0 Å². The number of ketones is 1. The summed E-state index contributed by atoms with van der Waals surface area (Å²) in [6.45, 7) is 13.2. The zero-order valence-electron chi connectivity index (χ0n) is 18.3. The molecule has 2 aliphatic rings. The fourth-order valence-electron chi connectivity index (χ4n) is 3.93. The van der Waals surface area contributed by atoms with Gasteiger partial charge in [0.05, 0.1) is 6.10 Å². The van der Waals surface area contributed by atoms with Gasteiger partial charge in [-0.15, -0.1) is 0 Å². The molecule has 1 aliphatic heterocycles. The van der Waals surface area contributed by atoms with Gasteiger partial charge in [-0.25, -0.2) is 0 Å². The summed E-state index contributed by atoms with van der Waals surface area (Å²) in [4.78, 5) is 12.9. The van der Waals surface area contributed by atoms with Crippen LogP contribution in [0, 0.1) is 5.92 Å². The molecular formula is C25H38O3. The van der Waals surface area contributed by atoms with Crippen molar-refractivity contribution in [3.63, 3.8) is 0 Å². The maximum atomic E-state index is 12.9. The lowest BCUT2D eigenvalue weighted by atomic mass is 9.88. The molecule has 2 rings (SSSR count). The number of ether oxygens (including phenoxy) is 2. The van der Waals surface area contributed by atoms with Crippen molar-refractivity contribution in [1.82, 2.24) is 0 Å². The number of hydrogen-bond acceptors (Lipinski definition) is 3. The Labute approximate surface area is 171 Å². The predicted octanol–water partition coefficient (Wildman–Crippen LogP) is 6.46. The maximum Gasteiger partial charge on any atom is 0.162 e. The van der Waals surface area contributed by atoms with E-state index in [1.807, 2.05) is 19.9 Å². The number of hydrogen-bond donors (Lipinski definition) is 0. The highest BCUT2D eigenvalue weighted by molar-refractivity contribution is 5.94. The van der Waals surface area contributed by atoms with Crippen molar-refractivity contribution in [2.75, 3.05) is 6.61 Å². The molecule has 1 heterocycles. The van der Waals surface area contributed by atoms with Gasteiger partial charge in [0.2, 0.25) is 0 Å². The third-order valence-corrected chi connectivity index (χ3v) is 5.64. The van der Waals surface area contributed by atoms with Crippen LogP contribution in [0.1, 0.15) is 79.1 Å². The van der Waals surface area contributed by atoms with Crippen LogP contribution in [0.3, 0.4) is 0 Å². The second-order valence-electron chi connectivity index (χ2n) is 8.61. The Morgan fingerprint density at radius 2 is 1.89 bits per heavy atom. The van der Waals surface area contributed by atoms with Crippen molar-refractivity contribution >= 4 is 5.78 Å². The largest absolute Gasteiger partial charge is 0.353 e. The van der Waals surface area contributed by atoms with E-state index >= 15 is 0 Å². The molecule has 0 bridgehead atoms. The van der Waals surface area contributed by atoms with Crippen LogP contribution in [0.5, 0.6) is 0 Å². The lowest BCUT2D eigenvalue weighted by Gasteiger charge is -2.27. The van der Waals surface area contributed by atoms with Gasteiger partial charge < -0.3 is 9.47 Å². The first-order chi connectivity index (χ1) is 13.3. The molecule has 0 N–H and O–H groups in total. The Hall–Kier alpha value is -1.45. The summed E-state index contributed by atoms with van der Waals surface area (Å²) >= 11 is 0. The van der Waals surface area contributed by atoms with E-state index in [0.717, 1.165) is 69.1 Å². The lowest BCUT2D eigenvalue weighted by Crippen LogP contribution is -2.27. The van der Waals surface area contributed by atoms with Crippen LogP contribution >= 0.6 is 0 Å². The molecule has 3 nitrogen and oxygen atoms in total. The minimum Gasteiger partial charge on any atom is -0.353 e. The van der Waals surface area contributed by atoms with Gasteiger partial charge in [0.15, 0.2) is 12.1 Å². The number of carbonyl (C=O) groups excluding carboxylic acids is 1. The first-order valence-corrected chi connectivity index (χ1v) is 10.8. The first kappa shape index (κ1) is 22.8. The summed E-state index contributed by atoms with van der Waals surface area (Å²) in [5.74, 6) is 0.0720. The van der Waals surface area contributed by atoms with Crippen LogP contribution in [0.4, 0.5) is 0 Å². The van der Waals surface area contributed by atoms with Crippen LogP contribution in [-0.4, -0.2) is 24.8 Å². The fraction of sp³-hybridized carbons (Fsp3) is 0.640. The molecular weight excluding hydrogens is 348 g/mol. The van der Waals surface area contributed by atoms with Crippen molar-refractivity contribution in [2.24, 2.45) is 5.92 Å². The first-order valence-electron chi connectivity index (χ1n) is 10.8. The van der Waals surface area contributed by atoms with Gasteiger partial charge in [-0.05, 0) is 85.1 Å². The topological polar surface area (TPSA) is 35.5 Å². The molecule has 2 unspecified atom stereocenters. The number of allylic oxidation sites excluding steroid dienone is 5. The van der Waals surface area contributed by atoms with Crippen molar-refractivity contribution in [3.8, 4) is 0 Å². The molecule has 0 saturated carbocycles. The number of carbonyl (C=O) groups is 1. The minimum atomic E-state index is -0.129. The van der Waals surface area contributed by atoms with E-state index < -0.39 is 0 Å². The molecule has 156 valence electrons. The van der Waals surface area contributed by atoms with Crippen LogP contribution in [0.2, 0.25) is 0 Å². The van der Waals surface area contributed by atoms with Gasteiger partial charge in [-0.3, -0.25) is 4.79 Å². The van der Waals surface area contributed by atoms with Crippen molar-refractivity contribution < 1.29 is 14.3 Å². The smallest absolute Gasteiger partial charge is 0.162 e. The van der Waals surface area contributed by atoms with Crippen molar-refractivity contribution in [2.45, 2.75) is 91.5 Å². The van der Waals surface area contributed by atoms with Crippen LogP contribution in [-0.2, 0) is 14.3 Å². The molecule has 1 fully saturated rings. The van der Waals surface area contributed by atoms with Crippen molar-refractivity contribution in [3.05, 3.63) is 47.1 Å². The molecule has 3 heteroatoms. The van der Waals surface area contributed by atoms with E-state index in [4.69, 9.17) is 9.47 Å². The Kier molecular flexibility index (Phi) is 9.40. The maximum absolute atomic E-state index is 12.9. The Morgan fingerprint density at radius 3 is 2.57 bits per heavy atom. The molecule has 0 aromatic heterocycles. The van der Waals surface area contributed by atoms with Crippen LogP contribution in [0.15, 0.2) is 47.1 Å². The predicted molar refractivity (Wildman–Crippen MR) is 116 cm³/mol. The van der Waals surface area contributed by atoms with E-state index in [1.165, 1.54) is 11.1 Å². The molecule has 0 spiro atoms. The van der Waals surface area contributed by atoms with E-state index in [9.17, 15) is 4.79 Å². The molecule has 0 radical (unpaired) electrons. The van der Waals surface area contributed by atoms with E-state index in [-0.39, 0.29) is 24.1 Å². The van der Waals surface area contributed by atoms with Gasteiger partial charge in [-0.1, -0.05) is 41.0 Å². The normalized spacial score (nSPS) is 34.2. The lowest BCUT2D eigenvalue weighted by molar-refractivity contribution is -0.178. The Balaban J connectivity index is 2.22. The highest BCUT2D eigenvalue weighted by Gasteiger charge is 2.21. The Morgan fingerprint density at radius 1 is 1.11 bits per heavy atom. The van der Waals surface area contributed by atoms with E-state index in [2.05, 4.69) is 32.6 Å². The SMILES string of the molecule is C=C(C)C1CC/C(C)=C/CC/C(C)=C/[C@H](OC2CCCCO2)C/C(C)=C/C1=O. The molecule has 1 aliphatic carbocycles. The molecule has 0 aromatic carbocycles. The third-order valence-electron chi connectivity index (χ3n) is 5.64. The molecule has 1 saturated heterocycles. The van der Waals surface area contributed by atoms with Gasteiger partial charge in [0.25, 0.3) is 0 Å². The Bertz CT molecular complexity index is 632. The highest BCUT2D eigenvalue weighted by atomic mass is 16.7. The summed E-state index contributed by atoms with van der Waals surface area (Å²) in [6.07, 6.45) is 14.0. The van der Waals surface area contributed by atoms with Gasteiger partial charge in [0, 0.05) is 12.5 Å². The molecule has 3 atom stereocenters. The summed E-state index contributed by atoms with van der Waals surface area (Å²) in [5.41, 5.74) is 4.70. The summed E-state index contributed by atoms with van der Waals surface area (Å²) < 4.78 is 12.1. The van der Waals surface area contributed by atoms with Crippen LogP contribution in [0.25, 0.3) is 0 Å². The van der Waals surface area contributed by atoms with Gasteiger partial charge >= 0.3 is 0 Å². The highest BCUT2D eigenvalue weighted by Crippen LogP contribution is 2.25. The average molecular weight is 387 g/mol. The van der Waals surface area contributed by atoms with Crippen molar-refractivity contribution in [1.29, 1.82) is 0 Å². The van der Waals surface area contributed by atoms with Gasteiger partial charge in [0.1, 0.15) is 0 Å². The fourth-order valence-corrected chi connectivity index (χ4v) is 3.93. The minimum absolute atomic E-state index is 0.0524. The van der Waals surface area contributed by atoms with E-state index in [0.29, 0.717) is 0 Å². The standard InChI is InChI=1S/C25H38O3/c1-18(2)23-13-12-19(3)9-8-10-20(4)15-22(16-21(5)17-24(23)26)28-25-11-6-7-14-27-25/h9,15,17,22-23,25H,1,6-8,10-14,16H2,2-5H3/b19-9+,20-15+,21-17+/t22-,23?,25?/m0/s1. The summed E-state index contributed by atoms with van der Waals surface area (Å²) in [7, 11) is 0. The molecule has 28 heavy (non-hydrogen) atoms. The summed E-state index contributed by atoms with van der Waals surface area (Å²) in [5, 5.41) is 0. The van der Waals surface area contributed by atoms with E-state index in [1.54, 1.807) is 0 Å². The second kappa shape index (κ2) is 11.5. The quantitative estimate of drug-likeness (QED) is 0.522. The second-order valence-corrected chi connectivity index (χ2v) is 8.61. The third kappa shape index (κ3) is 7.89. The monoisotopic (exact) mass is 386 g/mol. The summed E-state index contributed by atoms with van der Waals surface area (Å²) in [6, 6.07) is 0. The number of rotatable bonds is 3. The average Bonchev–Trinajstić information content (AvgIpc) is 2.61. The zero-order chi connectivity index (χ0) is 20.5. The zero-order valence-corrected chi connectivity index (χ0v) is 18.3. The molecule has 0 amide bonds. The van der Waals surface area contributed by atoms with Gasteiger partial charge in [-0.2, -0.15) is 0 Å². The molecule has 0 aromatic rings.